The average molecular weight is 160 g/mol. The van der Waals surface area contributed by atoms with Crippen molar-refractivity contribution in [3.63, 3.8) is 0 Å². The van der Waals surface area contributed by atoms with Crippen LogP contribution in [0.15, 0.2) is 0 Å². The van der Waals surface area contributed by atoms with E-state index in [0.29, 0.717) is 11.8 Å². The normalized spacial score (nSPS) is 37.4. The highest BCUT2D eigenvalue weighted by Crippen LogP contribution is 2.48. The van der Waals surface area contributed by atoms with Crippen LogP contribution >= 0.6 is 0 Å². The van der Waals surface area contributed by atoms with Crippen molar-refractivity contribution in [3.05, 3.63) is 0 Å². The molecule has 1 nitrogen and oxygen atoms in total. The van der Waals surface area contributed by atoms with Crippen molar-refractivity contribution in [3.8, 4) is 0 Å². The molecule has 0 spiro atoms. The van der Waals surface area contributed by atoms with Crippen molar-refractivity contribution in [2.45, 2.75) is 26.7 Å². The molecular weight excluding hydrogens is 143 g/mol. The third kappa shape index (κ3) is 1.56. The number of rotatable bonds is 3. The topological polar surface area (TPSA) is 20.2 Å². The van der Waals surface area contributed by atoms with Crippen LogP contribution in [0.4, 0.5) is 4.39 Å². The molecule has 1 aliphatic carbocycles. The highest BCUT2D eigenvalue weighted by Gasteiger charge is 2.44. The van der Waals surface area contributed by atoms with Crippen molar-refractivity contribution in [2.24, 2.45) is 17.3 Å². The lowest BCUT2D eigenvalue weighted by Gasteiger charge is -2.46. The van der Waals surface area contributed by atoms with E-state index in [2.05, 4.69) is 13.8 Å². The first-order valence-corrected chi connectivity index (χ1v) is 4.30. The fourth-order valence-electron chi connectivity index (χ4n) is 1.80. The molecule has 1 fully saturated rings. The van der Waals surface area contributed by atoms with Gasteiger partial charge in [-0.15, -0.1) is 0 Å². The fraction of sp³-hybridized carbons (Fsp3) is 1.00. The Bertz CT molecular complexity index is 122. The van der Waals surface area contributed by atoms with Gasteiger partial charge >= 0.3 is 0 Å². The van der Waals surface area contributed by atoms with Crippen LogP contribution in [-0.4, -0.2) is 18.4 Å². The molecule has 1 saturated carbocycles. The quantitative estimate of drug-likeness (QED) is 0.669. The van der Waals surface area contributed by atoms with E-state index >= 15 is 0 Å². The molecule has 0 bridgehead atoms. The summed E-state index contributed by atoms with van der Waals surface area (Å²) in [5.41, 5.74) is -0.352. The van der Waals surface area contributed by atoms with Crippen LogP contribution in [0.3, 0.4) is 0 Å². The highest BCUT2D eigenvalue weighted by molar-refractivity contribution is 4.93. The van der Waals surface area contributed by atoms with Crippen LogP contribution in [0.2, 0.25) is 0 Å². The largest absolute Gasteiger partial charge is 0.396 e. The van der Waals surface area contributed by atoms with E-state index in [4.69, 9.17) is 5.11 Å². The number of hydrogen-bond donors (Lipinski definition) is 1. The maximum Gasteiger partial charge on any atom is 0.0972 e. The average Bonchev–Trinajstić information content (AvgIpc) is 1.87. The van der Waals surface area contributed by atoms with Crippen molar-refractivity contribution in [1.82, 2.24) is 0 Å². The van der Waals surface area contributed by atoms with Gasteiger partial charge in [0.05, 0.1) is 13.3 Å². The minimum Gasteiger partial charge on any atom is -0.396 e. The molecule has 0 saturated heterocycles. The monoisotopic (exact) mass is 160 g/mol. The molecular formula is C9H17FO. The van der Waals surface area contributed by atoms with Gasteiger partial charge in [0.15, 0.2) is 0 Å². The number of halogens is 1. The predicted molar refractivity (Wildman–Crippen MR) is 43.1 cm³/mol. The van der Waals surface area contributed by atoms with E-state index in [1.165, 1.54) is 0 Å². The molecule has 0 aromatic rings. The third-order valence-corrected chi connectivity index (χ3v) is 2.95. The van der Waals surface area contributed by atoms with Gasteiger partial charge < -0.3 is 5.11 Å². The van der Waals surface area contributed by atoms with Gasteiger partial charge in [-0.1, -0.05) is 13.8 Å². The molecule has 0 aromatic carbocycles. The first kappa shape index (κ1) is 8.98. The van der Waals surface area contributed by atoms with E-state index in [0.717, 1.165) is 12.8 Å². The lowest BCUT2D eigenvalue weighted by Crippen LogP contribution is -2.44. The molecule has 11 heavy (non-hydrogen) atoms. The summed E-state index contributed by atoms with van der Waals surface area (Å²) in [6.45, 7) is 3.98. The lowest BCUT2D eigenvalue weighted by molar-refractivity contribution is -0.0414. The number of aliphatic hydroxyl groups excluding tert-OH is 1. The summed E-state index contributed by atoms with van der Waals surface area (Å²) in [4.78, 5) is 0. The standard InChI is InChI=1S/C9H17FO/c1-7(2)8-3-9(4-8,5-10)6-11/h7-8,11H,3-6H2,1-2H3. The Balaban J connectivity index is 2.35. The number of aliphatic hydroxyl groups is 1. The molecule has 66 valence electrons. The molecule has 0 unspecified atom stereocenters. The number of hydrogen-bond acceptors (Lipinski definition) is 1. The summed E-state index contributed by atoms with van der Waals surface area (Å²) in [7, 11) is 0. The van der Waals surface area contributed by atoms with Gasteiger partial charge in [-0.25, -0.2) is 0 Å². The minimum atomic E-state index is -0.354. The molecule has 0 radical (unpaired) electrons. The van der Waals surface area contributed by atoms with Crippen molar-refractivity contribution >= 4 is 0 Å². The summed E-state index contributed by atoms with van der Waals surface area (Å²) in [5, 5.41) is 8.90. The van der Waals surface area contributed by atoms with Gasteiger partial charge in [0.25, 0.3) is 0 Å². The zero-order valence-corrected chi connectivity index (χ0v) is 7.31. The minimum absolute atomic E-state index is 0.0206. The molecule has 0 amide bonds. The van der Waals surface area contributed by atoms with Crippen molar-refractivity contribution < 1.29 is 9.50 Å². The SMILES string of the molecule is CC(C)C1CC(CO)(CF)C1. The Labute approximate surface area is 67.6 Å². The second kappa shape index (κ2) is 3.10. The molecule has 0 atom stereocenters. The molecule has 1 rings (SSSR count). The van der Waals surface area contributed by atoms with E-state index in [1.54, 1.807) is 0 Å². The first-order chi connectivity index (χ1) is 5.13. The van der Waals surface area contributed by atoms with E-state index < -0.39 is 0 Å². The molecule has 2 heteroatoms. The summed E-state index contributed by atoms with van der Waals surface area (Å²) in [5.74, 6) is 1.28. The van der Waals surface area contributed by atoms with Crippen molar-refractivity contribution in [2.75, 3.05) is 13.3 Å². The smallest absolute Gasteiger partial charge is 0.0972 e. The van der Waals surface area contributed by atoms with E-state index in [-0.39, 0.29) is 18.7 Å². The second-order valence-corrected chi connectivity index (χ2v) is 4.20. The summed E-state index contributed by atoms with van der Waals surface area (Å²) in [6, 6.07) is 0. The molecule has 1 N–H and O–H groups in total. The van der Waals surface area contributed by atoms with Gasteiger partial charge in [-0.3, -0.25) is 4.39 Å². The van der Waals surface area contributed by atoms with Crippen LogP contribution in [0, 0.1) is 17.3 Å². The molecule has 0 heterocycles. The van der Waals surface area contributed by atoms with Crippen LogP contribution in [0.5, 0.6) is 0 Å². The van der Waals surface area contributed by atoms with Gasteiger partial charge in [0, 0.05) is 5.41 Å². The van der Waals surface area contributed by atoms with Gasteiger partial charge in [-0.2, -0.15) is 0 Å². The van der Waals surface area contributed by atoms with E-state index in [9.17, 15) is 4.39 Å². The maximum atomic E-state index is 12.4. The second-order valence-electron chi connectivity index (χ2n) is 4.20. The molecule has 0 aliphatic heterocycles. The zero-order valence-electron chi connectivity index (χ0n) is 7.31. The van der Waals surface area contributed by atoms with Crippen LogP contribution in [0.25, 0.3) is 0 Å². The lowest BCUT2D eigenvalue weighted by atomic mass is 9.60. The van der Waals surface area contributed by atoms with Gasteiger partial charge in [-0.05, 0) is 24.7 Å². The summed E-state index contributed by atoms with van der Waals surface area (Å²) >= 11 is 0. The Morgan fingerprint density at radius 1 is 1.55 bits per heavy atom. The zero-order chi connectivity index (χ0) is 8.48. The Morgan fingerprint density at radius 3 is 2.36 bits per heavy atom. The molecule has 1 aliphatic rings. The summed E-state index contributed by atoms with van der Waals surface area (Å²) in [6.07, 6.45) is 1.75. The summed E-state index contributed by atoms with van der Waals surface area (Å²) < 4.78 is 12.4. The maximum absolute atomic E-state index is 12.4. The predicted octanol–water partition coefficient (Wildman–Crippen LogP) is 2.00. The Hall–Kier alpha value is -0.110. The Morgan fingerprint density at radius 2 is 2.09 bits per heavy atom. The molecule has 0 aromatic heterocycles. The van der Waals surface area contributed by atoms with Crippen LogP contribution < -0.4 is 0 Å². The fourth-order valence-corrected chi connectivity index (χ4v) is 1.80. The van der Waals surface area contributed by atoms with Crippen molar-refractivity contribution in [1.29, 1.82) is 0 Å². The van der Waals surface area contributed by atoms with Crippen LogP contribution in [0.1, 0.15) is 26.7 Å². The highest BCUT2D eigenvalue weighted by atomic mass is 19.1. The van der Waals surface area contributed by atoms with Crippen LogP contribution in [-0.2, 0) is 0 Å². The third-order valence-electron chi connectivity index (χ3n) is 2.95. The van der Waals surface area contributed by atoms with Gasteiger partial charge in [0.1, 0.15) is 0 Å². The Kier molecular flexibility index (Phi) is 2.53. The van der Waals surface area contributed by atoms with Gasteiger partial charge in [0.2, 0.25) is 0 Å². The first-order valence-electron chi connectivity index (χ1n) is 4.30. The number of alkyl halides is 1. The van der Waals surface area contributed by atoms with E-state index in [1.807, 2.05) is 0 Å².